The van der Waals surface area contributed by atoms with Crippen molar-refractivity contribution in [2.24, 2.45) is 5.73 Å². The van der Waals surface area contributed by atoms with Crippen molar-refractivity contribution in [2.75, 3.05) is 11.9 Å². The number of nitrogens with two attached hydrogens (primary N) is 1. The summed E-state index contributed by atoms with van der Waals surface area (Å²) in [5.74, 6) is -0.141. The third-order valence-corrected chi connectivity index (χ3v) is 4.32. The standard InChI is InChI=1S/C15H14N4OSe/c16-9-8-10-4-6-11(7-5-10)15(20)17-12-2-1-3-13-14(12)19-21-18-13/h1-7H,8-9,16H2,(H,17,20). The number of amides is 1. The first-order valence-corrected chi connectivity index (χ1v) is 8.13. The van der Waals surface area contributed by atoms with Gasteiger partial charge in [-0.15, -0.1) is 0 Å². The molecule has 0 saturated heterocycles. The summed E-state index contributed by atoms with van der Waals surface area (Å²) in [7, 11) is 0. The van der Waals surface area contributed by atoms with Crippen LogP contribution in [0.4, 0.5) is 5.69 Å². The number of nitrogens with zero attached hydrogens (tertiary/aromatic N) is 2. The number of rotatable bonds is 4. The third-order valence-electron chi connectivity index (χ3n) is 3.18. The van der Waals surface area contributed by atoms with Gasteiger partial charge in [0.05, 0.1) is 0 Å². The van der Waals surface area contributed by atoms with Crippen LogP contribution in [0.5, 0.6) is 0 Å². The van der Waals surface area contributed by atoms with E-state index < -0.39 is 0 Å². The van der Waals surface area contributed by atoms with Gasteiger partial charge in [-0.3, -0.25) is 0 Å². The van der Waals surface area contributed by atoms with Crippen molar-refractivity contribution >= 4 is 37.6 Å². The predicted octanol–water partition coefficient (Wildman–Crippen LogP) is 1.44. The van der Waals surface area contributed by atoms with Crippen molar-refractivity contribution in [3.63, 3.8) is 0 Å². The second-order valence-corrected chi connectivity index (χ2v) is 5.74. The number of nitrogens with one attached hydrogen (secondary N) is 1. The molecule has 0 radical (unpaired) electrons. The van der Waals surface area contributed by atoms with Gasteiger partial charge < -0.3 is 0 Å². The fraction of sp³-hybridized carbons (Fsp3) is 0.133. The average Bonchev–Trinajstić information content (AvgIpc) is 2.98. The molecule has 0 bridgehead atoms. The van der Waals surface area contributed by atoms with Crippen LogP contribution >= 0.6 is 0 Å². The summed E-state index contributed by atoms with van der Waals surface area (Å²) >= 11 is -0.104. The van der Waals surface area contributed by atoms with Crippen LogP contribution in [0, 0.1) is 0 Å². The van der Waals surface area contributed by atoms with E-state index in [1.165, 1.54) is 0 Å². The molecule has 6 heteroatoms. The summed E-state index contributed by atoms with van der Waals surface area (Å²) in [5, 5.41) is 2.90. The molecule has 0 fully saturated rings. The van der Waals surface area contributed by atoms with E-state index in [1.54, 1.807) is 0 Å². The van der Waals surface area contributed by atoms with Crippen LogP contribution in [0.15, 0.2) is 42.5 Å². The Labute approximate surface area is 128 Å². The molecule has 0 aliphatic rings. The van der Waals surface area contributed by atoms with Crippen LogP contribution in [0.3, 0.4) is 0 Å². The summed E-state index contributed by atoms with van der Waals surface area (Å²) in [5.41, 5.74) is 9.62. The van der Waals surface area contributed by atoms with Crippen LogP contribution in [-0.2, 0) is 6.42 Å². The normalized spacial score (nSPS) is 10.7. The van der Waals surface area contributed by atoms with E-state index in [2.05, 4.69) is 13.3 Å². The van der Waals surface area contributed by atoms with Gasteiger partial charge in [-0.1, -0.05) is 0 Å². The van der Waals surface area contributed by atoms with E-state index in [1.807, 2.05) is 42.5 Å². The predicted molar refractivity (Wildman–Crippen MR) is 83.6 cm³/mol. The number of hydrogen-bond acceptors (Lipinski definition) is 4. The monoisotopic (exact) mass is 346 g/mol. The molecule has 2 aromatic carbocycles. The molecule has 1 amide bonds. The molecule has 106 valence electrons. The first-order valence-electron chi connectivity index (χ1n) is 6.59. The molecule has 0 spiro atoms. The number of fused-ring (bicyclic) bond motifs is 1. The molecule has 0 aliphatic carbocycles. The Kier molecular flexibility index (Phi) is 4.10. The quantitative estimate of drug-likeness (QED) is 0.701. The molecule has 5 nitrogen and oxygen atoms in total. The molecule has 0 saturated carbocycles. The van der Waals surface area contributed by atoms with Crippen LogP contribution in [0.2, 0.25) is 0 Å². The second-order valence-electron chi connectivity index (χ2n) is 4.63. The molecule has 1 heterocycles. The van der Waals surface area contributed by atoms with E-state index in [0.29, 0.717) is 17.8 Å². The van der Waals surface area contributed by atoms with E-state index in [9.17, 15) is 4.79 Å². The minimum absolute atomic E-state index is 0.104. The van der Waals surface area contributed by atoms with Crippen molar-refractivity contribution in [3.8, 4) is 0 Å². The maximum atomic E-state index is 12.3. The number of benzene rings is 2. The molecule has 3 aromatic rings. The zero-order chi connectivity index (χ0) is 14.7. The van der Waals surface area contributed by atoms with Gasteiger partial charge >= 0.3 is 128 Å². The summed E-state index contributed by atoms with van der Waals surface area (Å²) in [6.45, 7) is 0.606. The van der Waals surface area contributed by atoms with Crippen LogP contribution in [-0.4, -0.2) is 35.4 Å². The van der Waals surface area contributed by atoms with Gasteiger partial charge in [0.15, 0.2) is 0 Å². The first-order chi connectivity index (χ1) is 10.3. The first kappa shape index (κ1) is 13.9. The topological polar surface area (TPSA) is 80.9 Å². The van der Waals surface area contributed by atoms with Crippen molar-refractivity contribution in [2.45, 2.75) is 6.42 Å². The van der Waals surface area contributed by atoms with Crippen molar-refractivity contribution in [3.05, 3.63) is 53.6 Å². The molecular weight excluding hydrogens is 331 g/mol. The minimum atomic E-state index is -0.141. The van der Waals surface area contributed by atoms with Crippen LogP contribution in [0.1, 0.15) is 15.9 Å². The fourth-order valence-corrected chi connectivity index (χ4v) is 3.24. The Morgan fingerprint density at radius 1 is 1.14 bits per heavy atom. The van der Waals surface area contributed by atoms with Crippen molar-refractivity contribution < 1.29 is 4.79 Å². The van der Waals surface area contributed by atoms with E-state index in [-0.39, 0.29) is 20.9 Å². The zero-order valence-corrected chi connectivity index (χ0v) is 13.0. The van der Waals surface area contributed by atoms with Gasteiger partial charge in [-0.25, -0.2) is 0 Å². The van der Waals surface area contributed by atoms with E-state index >= 15 is 0 Å². The number of aromatic nitrogens is 2. The van der Waals surface area contributed by atoms with Crippen molar-refractivity contribution in [1.82, 2.24) is 7.96 Å². The fourth-order valence-electron chi connectivity index (χ4n) is 2.09. The van der Waals surface area contributed by atoms with Crippen LogP contribution < -0.4 is 11.1 Å². The van der Waals surface area contributed by atoms with Gasteiger partial charge in [0.1, 0.15) is 0 Å². The van der Waals surface area contributed by atoms with Gasteiger partial charge in [-0.2, -0.15) is 0 Å². The average molecular weight is 345 g/mol. The molecule has 0 aliphatic heterocycles. The Morgan fingerprint density at radius 2 is 1.95 bits per heavy atom. The molecular formula is C15H14N4OSe. The zero-order valence-electron chi connectivity index (χ0n) is 11.2. The Balaban J connectivity index is 1.81. The summed E-state index contributed by atoms with van der Waals surface area (Å²) < 4.78 is 8.66. The summed E-state index contributed by atoms with van der Waals surface area (Å²) in [6.07, 6.45) is 0.816. The maximum absolute atomic E-state index is 12.3. The molecule has 21 heavy (non-hydrogen) atoms. The molecule has 1 aromatic heterocycles. The summed E-state index contributed by atoms with van der Waals surface area (Å²) in [6, 6.07) is 13.1. The third kappa shape index (κ3) is 3.03. The molecule has 3 rings (SSSR count). The SMILES string of the molecule is NCCc1ccc(C(=O)Nc2cccc3n[se]nc23)cc1. The van der Waals surface area contributed by atoms with E-state index in [4.69, 9.17) is 5.73 Å². The number of carbonyl (C=O) groups is 1. The molecule has 3 N–H and O–H groups in total. The number of hydrogen-bond donors (Lipinski definition) is 2. The summed E-state index contributed by atoms with van der Waals surface area (Å²) in [4.78, 5) is 12.3. The second kappa shape index (κ2) is 6.18. The van der Waals surface area contributed by atoms with Gasteiger partial charge in [0.25, 0.3) is 0 Å². The molecule has 0 unspecified atom stereocenters. The van der Waals surface area contributed by atoms with Crippen molar-refractivity contribution in [1.29, 1.82) is 0 Å². The Hall–Kier alpha value is -2.01. The van der Waals surface area contributed by atoms with Gasteiger partial charge in [0, 0.05) is 0 Å². The Bertz CT molecular complexity index is 767. The van der Waals surface area contributed by atoms with Gasteiger partial charge in [0.2, 0.25) is 0 Å². The van der Waals surface area contributed by atoms with E-state index in [0.717, 1.165) is 23.0 Å². The molecule has 0 atom stereocenters. The number of anilines is 1. The Morgan fingerprint density at radius 3 is 2.71 bits per heavy atom. The van der Waals surface area contributed by atoms with Crippen LogP contribution in [0.25, 0.3) is 11.0 Å². The number of carbonyl (C=O) groups excluding carboxylic acids is 1. The van der Waals surface area contributed by atoms with Gasteiger partial charge in [-0.05, 0) is 0 Å².